The number of rotatable bonds is 5. The van der Waals surface area contributed by atoms with Crippen molar-refractivity contribution in [3.05, 3.63) is 58.6 Å². The maximum atomic E-state index is 12.1. The lowest BCUT2D eigenvalue weighted by atomic mass is 10.1. The van der Waals surface area contributed by atoms with Gasteiger partial charge < -0.3 is 15.8 Å². The topological polar surface area (TPSA) is 64.3 Å². The van der Waals surface area contributed by atoms with Gasteiger partial charge in [-0.05, 0) is 36.2 Å². The third kappa shape index (κ3) is 3.89. The second-order valence-corrected chi connectivity index (χ2v) is 4.96. The van der Waals surface area contributed by atoms with Gasteiger partial charge in [0.05, 0.1) is 17.7 Å². The normalized spacial score (nSPS) is 10.2. The zero-order chi connectivity index (χ0) is 15.2. The number of benzene rings is 2. The fourth-order valence-electron chi connectivity index (χ4n) is 2.03. The number of halogens is 1. The summed E-state index contributed by atoms with van der Waals surface area (Å²) in [7, 11) is 1.63. The van der Waals surface area contributed by atoms with E-state index in [0.717, 1.165) is 11.3 Å². The molecule has 4 nitrogen and oxygen atoms in total. The van der Waals surface area contributed by atoms with Crippen molar-refractivity contribution in [2.24, 2.45) is 0 Å². The van der Waals surface area contributed by atoms with E-state index in [4.69, 9.17) is 22.1 Å². The number of nitrogen functional groups attached to an aromatic ring is 1. The molecule has 0 radical (unpaired) electrons. The Hall–Kier alpha value is -2.20. The molecule has 0 spiro atoms. The molecule has 0 unspecified atom stereocenters. The minimum absolute atomic E-state index is 0.234. The molecule has 0 saturated carbocycles. The number of nitrogens with one attached hydrogen (secondary N) is 1. The smallest absolute Gasteiger partial charge is 0.252 e. The van der Waals surface area contributed by atoms with Gasteiger partial charge in [-0.25, -0.2) is 0 Å². The van der Waals surface area contributed by atoms with Crippen molar-refractivity contribution in [3.63, 3.8) is 0 Å². The van der Waals surface area contributed by atoms with Crippen LogP contribution in [0.25, 0.3) is 0 Å². The van der Waals surface area contributed by atoms with Gasteiger partial charge in [-0.1, -0.05) is 29.8 Å². The average molecular weight is 305 g/mol. The molecule has 2 aromatic rings. The van der Waals surface area contributed by atoms with E-state index in [1.54, 1.807) is 25.3 Å². The third-order valence-electron chi connectivity index (χ3n) is 3.11. The quantitative estimate of drug-likeness (QED) is 0.835. The van der Waals surface area contributed by atoms with E-state index in [0.29, 0.717) is 29.2 Å². The molecular weight excluding hydrogens is 288 g/mol. The van der Waals surface area contributed by atoms with Crippen molar-refractivity contribution in [2.75, 3.05) is 19.4 Å². The predicted molar refractivity (Wildman–Crippen MR) is 84.9 cm³/mol. The Morgan fingerprint density at radius 3 is 2.81 bits per heavy atom. The number of anilines is 1. The molecule has 0 fully saturated rings. The van der Waals surface area contributed by atoms with Crippen molar-refractivity contribution in [3.8, 4) is 5.75 Å². The fourth-order valence-corrected chi connectivity index (χ4v) is 2.24. The summed E-state index contributed by atoms with van der Waals surface area (Å²) in [6.07, 6.45) is 0.676. The highest BCUT2D eigenvalue weighted by molar-refractivity contribution is 6.34. The Morgan fingerprint density at radius 1 is 1.29 bits per heavy atom. The molecule has 3 N–H and O–H groups in total. The molecule has 2 rings (SSSR count). The standard InChI is InChI=1S/C16H17ClN2O2/c1-21-15-5-3-2-4-11(15)8-9-19-16(20)13-10-12(18)6-7-14(13)17/h2-7,10H,8-9,18H2,1H3,(H,19,20). The summed E-state index contributed by atoms with van der Waals surface area (Å²) in [4.78, 5) is 12.1. The van der Waals surface area contributed by atoms with Gasteiger partial charge in [0.25, 0.3) is 5.91 Å². The Labute approximate surface area is 128 Å². The van der Waals surface area contributed by atoms with Crippen LogP contribution in [0.15, 0.2) is 42.5 Å². The number of hydrogen-bond donors (Lipinski definition) is 2. The first-order valence-electron chi connectivity index (χ1n) is 6.57. The number of hydrogen-bond acceptors (Lipinski definition) is 3. The van der Waals surface area contributed by atoms with Gasteiger partial charge in [-0.3, -0.25) is 4.79 Å². The first kappa shape index (κ1) is 15.2. The number of para-hydroxylation sites is 1. The highest BCUT2D eigenvalue weighted by Crippen LogP contribution is 2.19. The molecule has 0 aliphatic rings. The van der Waals surface area contributed by atoms with Crippen LogP contribution in [0.2, 0.25) is 5.02 Å². The average Bonchev–Trinajstić information content (AvgIpc) is 2.50. The number of methoxy groups -OCH3 is 1. The lowest BCUT2D eigenvalue weighted by molar-refractivity contribution is 0.0954. The molecule has 0 saturated heterocycles. The van der Waals surface area contributed by atoms with Gasteiger partial charge in [0.1, 0.15) is 5.75 Å². The highest BCUT2D eigenvalue weighted by atomic mass is 35.5. The lowest BCUT2D eigenvalue weighted by Gasteiger charge is -2.10. The zero-order valence-corrected chi connectivity index (χ0v) is 12.5. The number of carbonyl (C=O) groups excluding carboxylic acids is 1. The molecule has 0 aliphatic carbocycles. The molecule has 0 atom stereocenters. The summed E-state index contributed by atoms with van der Waals surface area (Å²) in [5.41, 5.74) is 7.60. The molecule has 0 heterocycles. The molecule has 2 aromatic carbocycles. The van der Waals surface area contributed by atoms with Gasteiger partial charge in [0.15, 0.2) is 0 Å². The van der Waals surface area contributed by atoms with Crippen LogP contribution in [0.3, 0.4) is 0 Å². The first-order chi connectivity index (χ1) is 10.1. The van der Waals surface area contributed by atoms with Gasteiger partial charge in [0.2, 0.25) is 0 Å². The number of ether oxygens (including phenoxy) is 1. The van der Waals surface area contributed by atoms with E-state index in [9.17, 15) is 4.79 Å². The first-order valence-corrected chi connectivity index (χ1v) is 6.94. The van der Waals surface area contributed by atoms with Crippen LogP contribution in [0, 0.1) is 0 Å². The Kier molecular flexibility index (Phi) is 5.06. The number of carbonyl (C=O) groups is 1. The van der Waals surface area contributed by atoms with Crippen LogP contribution in [0.5, 0.6) is 5.75 Å². The van der Waals surface area contributed by atoms with Crippen LogP contribution < -0.4 is 15.8 Å². The molecule has 21 heavy (non-hydrogen) atoms. The summed E-state index contributed by atoms with van der Waals surface area (Å²) in [5.74, 6) is 0.580. The molecule has 110 valence electrons. The van der Waals surface area contributed by atoms with E-state index in [1.165, 1.54) is 0 Å². The molecule has 5 heteroatoms. The molecule has 1 amide bonds. The largest absolute Gasteiger partial charge is 0.496 e. The minimum Gasteiger partial charge on any atom is -0.496 e. The predicted octanol–water partition coefficient (Wildman–Crippen LogP) is 2.90. The van der Waals surface area contributed by atoms with Crippen LogP contribution in [0.4, 0.5) is 5.69 Å². The van der Waals surface area contributed by atoms with E-state index in [-0.39, 0.29) is 5.91 Å². The van der Waals surface area contributed by atoms with E-state index >= 15 is 0 Å². The zero-order valence-electron chi connectivity index (χ0n) is 11.7. The van der Waals surface area contributed by atoms with Crippen LogP contribution in [-0.4, -0.2) is 19.6 Å². The van der Waals surface area contributed by atoms with Gasteiger partial charge in [-0.15, -0.1) is 0 Å². The molecule has 0 bridgehead atoms. The number of amides is 1. The third-order valence-corrected chi connectivity index (χ3v) is 3.44. The highest BCUT2D eigenvalue weighted by Gasteiger charge is 2.10. The maximum absolute atomic E-state index is 12.1. The van der Waals surface area contributed by atoms with Gasteiger partial charge >= 0.3 is 0 Å². The Balaban J connectivity index is 1.97. The number of nitrogens with two attached hydrogens (primary N) is 1. The van der Waals surface area contributed by atoms with Crippen molar-refractivity contribution in [1.82, 2.24) is 5.32 Å². The van der Waals surface area contributed by atoms with Crippen molar-refractivity contribution in [2.45, 2.75) is 6.42 Å². The van der Waals surface area contributed by atoms with Crippen LogP contribution in [-0.2, 0) is 6.42 Å². The van der Waals surface area contributed by atoms with Crippen LogP contribution >= 0.6 is 11.6 Å². The van der Waals surface area contributed by atoms with Crippen LogP contribution in [0.1, 0.15) is 15.9 Å². The summed E-state index contributed by atoms with van der Waals surface area (Å²) < 4.78 is 5.27. The van der Waals surface area contributed by atoms with E-state index in [2.05, 4.69) is 5.32 Å². The lowest BCUT2D eigenvalue weighted by Crippen LogP contribution is -2.26. The monoisotopic (exact) mass is 304 g/mol. The van der Waals surface area contributed by atoms with Crippen molar-refractivity contribution in [1.29, 1.82) is 0 Å². The summed E-state index contributed by atoms with van der Waals surface area (Å²) in [6.45, 7) is 0.490. The maximum Gasteiger partial charge on any atom is 0.252 e. The Morgan fingerprint density at radius 2 is 2.05 bits per heavy atom. The molecule has 0 aromatic heterocycles. The second-order valence-electron chi connectivity index (χ2n) is 4.56. The molecule has 0 aliphatic heterocycles. The summed E-state index contributed by atoms with van der Waals surface area (Å²) in [6, 6.07) is 12.6. The Bertz CT molecular complexity index is 644. The summed E-state index contributed by atoms with van der Waals surface area (Å²) >= 11 is 6.00. The van der Waals surface area contributed by atoms with Crippen molar-refractivity contribution < 1.29 is 9.53 Å². The molecular formula is C16H17ClN2O2. The minimum atomic E-state index is -0.234. The summed E-state index contributed by atoms with van der Waals surface area (Å²) in [5, 5.41) is 3.22. The van der Waals surface area contributed by atoms with Gasteiger partial charge in [-0.2, -0.15) is 0 Å². The van der Waals surface area contributed by atoms with E-state index in [1.807, 2.05) is 24.3 Å². The van der Waals surface area contributed by atoms with Crippen molar-refractivity contribution >= 4 is 23.2 Å². The van der Waals surface area contributed by atoms with E-state index < -0.39 is 0 Å². The SMILES string of the molecule is COc1ccccc1CCNC(=O)c1cc(N)ccc1Cl. The fraction of sp³-hybridized carbons (Fsp3) is 0.188. The van der Waals surface area contributed by atoms with Gasteiger partial charge in [0, 0.05) is 12.2 Å². The second kappa shape index (κ2) is 6.99.